The van der Waals surface area contributed by atoms with E-state index in [2.05, 4.69) is 46.2 Å². The monoisotopic (exact) mass is 390 g/mol. The van der Waals surface area contributed by atoms with Crippen molar-refractivity contribution in [3.8, 4) is 28.3 Å². The summed E-state index contributed by atoms with van der Waals surface area (Å²) in [6, 6.07) is 9.12. The molecule has 1 aromatic rings. The van der Waals surface area contributed by atoms with Crippen LogP contribution in [0.15, 0.2) is 36.7 Å². The highest BCUT2D eigenvalue weighted by Gasteiger charge is 2.27. The highest BCUT2D eigenvalue weighted by Crippen LogP contribution is 2.35. The third-order valence-corrected chi connectivity index (χ3v) is 5.07. The van der Waals surface area contributed by atoms with Crippen molar-refractivity contribution < 1.29 is 10.2 Å². The zero-order valence-corrected chi connectivity index (χ0v) is 16.6. The molecule has 2 unspecified atom stereocenters. The molecule has 7 heteroatoms. The second kappa shape index (κ2) is 8.69. The molecular formula is C20H27ClN4O2. The summed E-state index contributed by atoms with van der Waals surface area (Å²) in [6.45, 7) is 4.49. The van der Waals surface area contributed by atoms with E-state index in [0.717, 1.165) is 46.9 Å². The number of rotatable bonds is 3. The van der Waals surface area contributed by atoms with Gasteiger partial charge in [0.15, 0.2) is 0 Å². The first-order valence-corrected chi connectivity index (χ1v) is 8.88. The van der Waals surface area contributed by atoms with Crippen LogP contribution in [0.1, 0.15) is 38.4 Å². The van der Waals surface area contributed by atoms with Gasteiger partial charge in [0.2, 0.25) is 0 Å². The maximum absolute atomic E-state index is 5.25. The Hall–Kier alpha value is -2.15. The molecule has 0 spiro atoms. The first kappa shape index (κ1) is 21.2. The normalized spacial score (nSPS) is 22.0. The van der Waals surface area contributed by atoms with Gasteiger partial charge >= 0.3 is 0 Å². The van der Waals surface area contributed by atoms with Crippen molar-refractivity contribution in [3.63, 3.8) is 0 Å². The molecule has 1 saturated heterocycles. The molecule has 27 heavy (non-hydrogen) atoms. The van der Waals surface area contributed by atoms with Crippen LogP contribution in [-0.2, 0) is 0 Å². The lowest BCUT2D eigenvalue weighted by Crippen LogP contribution is -2.41. The largest absolute Gasteiger partial charge is 0.497 e. The maximum Gasteiger partial charge on any atom is 0.118 e. The van der Waals surface area contributed by atoms with Gasteiger partial charge < -0.3 is 20.5 Å². The molecule has 3 heterocycles. The number of nitrogens with zero attached hydrogens (tertiary/aromatic N) is 2. The fourth-order valence-electron chi connectivity index (χ4n) is 3.91. The van der Waals surface area contributed by atoms with E-state index in [9.17, 15) is 0 Å². The predicted molar refractivity (Wildman–Crippen MR) is 110 cm³/mol. The Morgan fingerprint density at radius 2 is 1.67 bits per heavy atom. The van der Waals surface area contributed by atoms with E-state index in [1.807, 2.05) is 24.5 Å². The van der Waals surface area contributed by atoms with Crippen LogP contribution in [-0.4, -0.2) is 39.6 Å². The summed E-state index contributed by atoms with van der Waals surface area (Å²) in [6.07, 6.45) is 6.02. The van der Waals surface area contributed by atoms with E-state index in [1.54, 1.807) is 7.11 Å². The predicted octanol–water partition coefficient (Wildman–Crippen LogP) is 3.43. The third-order valence-electron chi connectivity index (χ3n) is 5.07. The first-order chi connectivity index (χ1) is 12.1. The number of aromatic nitrogens is 3. The van der Waals surface area contributed by atoms with Crippen LogP contribution in [0.4, 0.5) is 0 Å². The lowest BCUT2D eigenvalue weighted by molar-refractivity contribution is 0.309. The topological polar surface area (TPSA) is 94.3 Å². The molecule has 0 amide bonds. The lowest BCUT2D eigenvalue weighted by Gasteiger charge is -2.32. The molecule has 0 saturated carbocycles. The van der Waals surface area contributed by atoms with Gasteiger partial charge in [-0.3, -0.25) is 4.98 Å². The standard InChI is InChI=1S/C20H24N4O.ClH.H2O/c1-12-8-15(9-13(2)23-12)20-22-11-18-19(24-20)17(10-21-18)14-4-6-16(25-3)7-5-14;;/h4-7,10-13,15,23H,8-9H2,1-3H3,(H,22,24);1H;1H2. The smallest absolute Gasteiger partial charge is 0.118 e. The molecule has 3 aliphatic rings. The Morgan fingerprint density at radius 1 is 1.00 bits per heavy atom. The lowest BCUT2D eigenvalue weighted by atomic mass is 9.88. The molecule has 0 bridgehead atoms. The van der Waals surface area contributed by atoms with Crippen LogP contribution >= 0.6 is 12.4 Å². The summed E-state index contributed by atoms with van der Waals surface area (Å²) >= 11 is 0. The Labute approximate surface area is 165 Å². The molecule has 0 aromatic heterocycles. The van der Waals surface area contributed by atoms with Crippen LogP contribution in [0.2, 0.25) is 0 Å². The highest BCUT2D eigenvalue weighted by molar-refractivity contribution is 5.85. The maximum atomic E-state index is 5.25. The van der Waals surface area contributed by atoms with Crippen LogP contribution in [0, 0.1) is 0 Å². The Bertz CT molecular complexity index is 826. The fourth-order valence-corrected chi connectivity index (χ4v) is 3.91. The summed E-state index contributed by atoms with van der Waals surface area (Å²) in [5.74, 6) is 2.38. The fraction of sp³-hybridized carbons (Fsp3) is 0.400. The molecule has 0 radical (unpaired) electrons. The minimum absolute atomic E-state index is 0. The van der Waals surface area contributed by atoms with Crippen molar-refractivity contribution in [1.29, 1.82) is 0 Å². The minimum Gasteiger partial charge on any atom is -0.497 e. The molecule has 4 rings (SSSR count). The van der Waals surface area contributed by atoms with Gasteiger partial charge in [-0.05, 0) is 44.4 Å². The number of nitrogens with one attached hydrogen (secondary N) is 2. The van der Waals surface area contributed by atoms with Gasteiger partial charge in [-0.25, -0.2) is 4.98 Å². The van der Waals surface area contributed by atoms with Crippen molar-refractivity contribution >= 4 is 12.4 Å². The Morgan fingerprint density at radius 3 is 2.30 bits per heavy atom. The number of H-pyrrole nitrogens is 1. The van der Waals surface area contributed by atoms with Crippen LogP contribution in [0.25, 0.3) is 22.5 Å². The summed E-state index contributed by atoms with van der Waals surface area (Å²) in [5.41, 5.74) is 4.21. The van der Waals surface area contributed by atoms with Crippen LogP contribution < -0.4 is 10.1 Å². The van der Waals surface area contributed by atoms with Gasteiger partial charge in [-0.1, -0.05) is 12.1 Å². The number of hydrogen-bond donors (Lipinski definition) is 2. The van der Waals surface area contributed by atoms with Crippen molar-refractivity contribution in [2.24, 2.45) is 0 Å². The summed E-state index contributed by atoms with van der Waals surface area (Å²) < 4.78 is 5.25. The van der Waals surface area contributed by atoms with Crippen LogP contribution in [0.5, 0.6) is 5.75 Å². The van der Waals surface area contributed by atoms with Crippen LogP contribution in [0.3, 0.4) is 0 Å². The van der Waals surface area contributed by atoms with E-state index in [1.165, 1.54) is 0 Å². The molecule has 1 aromatic carbocycles. The Kier molecular flexibility index (Phi) is 6.81. The van der Waals surface area contributed by atoms with Crippen molar-refractivity contribution in [2.45, 2.75) is 44.7 Å². The molecule has 1 fully saturated rings. The summed E-state index contributed by atoms with van der Waals surface area (Å²) in [4.78, 5) is 12.8. The van der Waals surface area contributed by atoms with Gasteiger partial charge in [0.05, 0.1) is 19.0 Å². The van der Waals surface area contributed by atoms with E-state index in [4.69, 9.17) is 4.74 Å². The number of fused-ring (bicyclic) bond motifs is 1. The molecule has 146 valence electrons. The first-order valence-electron chi connectivity index (χ1n) is 8.88. The van der Waals surface area contributed by atoms with Gasteiger partial charge in [-0.2, -0.15) is 0 Å². The molecule has 0 aliphatic carbocycles. The highest BCUT2D eigenvalue weighted by atomic mass is 35.5. The summed E-state index contributed by atoms with van der Waals surface area (Å²) in [5, 5.41) is 3.59. The zero-order valence-electron chi connectivity index (χ0n) is 15.8. The minimum atomic E-state index is 0. The average molecular weight is 391 g/mol. The third kappa shape index (κ3) is 4.24. The quantitative estimate of drug-likeness (QED) is 0.716. The van der Waals surface area contributed by atoms with Gasteiger partial charge in [-0.15, -0.1) is 12.4 Å². The van der Waals surface area contributed by atoms with Crippen molar-refractivity contribution in [2.75, 3.05) is 7.11 Å². The SMILES string of the molecule is COc1ccc(-c2cnc3cnc(C4CC(C)NC(C)C4)[nH]c2-3)cc1.Cl.O. The zero-order chi connectivity index (χ0) is 17.4. The van der Waals surface area contributed by atoms with Gasteiger partial charge in [0, 0.05) is 29.8 Å². The Balaban J connectivity index is 0.00000131. The number of aromatic amines is 1. The van der Waals surface area contributed by atoms with Gasteiger partial charge in [0.1, 0.15) is 17.3 Å². The molecule has 4 N–H and O–H groups in total. The number of hydrogen-bond acceptors (Lipinski definition) is 4. The number of benzene rings is 1. The van der Waals surface area contributed by atoms with E-state index < -0.39 is 0 Å². The second-order valence-corrected chi connectivity index (χ2v) is 7.07. The van der Waals surface area contributed by atoms with Crippen molar-refractivity contribution in [3.05, 3.63) is 42.5 Å². The number of ether oxygens (including phenoxy) is 1. The van der Waals surface area contributed by atoms with E-state index in [-0.39, 0.29) is 17.9 Å². The average Bonchev–Trinajstić information content (AvgIpc) is 3.04. The van der Waals surface area contributed by atoms with Crippen molar-refractivity contribution in [1.82, 2.24) is 20.3 Å². The number of halogens is 1. The van der Waals surface area contributed by atoms with Gasteiger partial charge in [0.25, 0.3) is 0 Å². The second-order valence-electron chi connectivity index (χ2n) is 7.07. The molecule has 6 nitrogen and oxygen atoms in total. The molecular weight excluding hydrogens is 364 g/mol. The number of methoxy groups -OCH3 is 1. The summed E-state index contributed by atoms with van der Waals surface area (Å²) in [7, 11) is 1.68. The molecule has 2 atom stereocenters. The molecule has 3 aliphatic heterocycles. The van der Waals surface area contributed by atoms with E-state index in [0.29, 0.717) is 18.0 Å². The van der Waals surface area contributed by atoms with E-state index >= 15 is 0 Å². The number of piperidine rings is 1.